The third-order valence-corrected chi connectivity index (χ3v) is 2.60. The van der Waals surface area contributed by atoms with Crippen molar-refractivity contribution in [2.45, 2.75) is 33.2 Å². The van der Waals surface area contributed by atoms with Crippen LogP contribution in [0.1, 0.15) is 30.1 Å². The fourth-order valence-electron chi connectivity index (χ4n) is 1.42. The summed E-state index contributed by atoms with van der Waals surface area (Å²) in [6.45, 7) is 6.13. The van der Waals surface area contributed by atoms with Crippen LogP contribution in [0.3, 0.4) is 0 Å². The summed E-state index contributed by atoms with van der Waals surface area (Å²) in [4.78, 5) is 7.67. The van der Waals surface area contributed by atoms with Crippen LogP contribution in [0.5, 0.6) is 0 Å². The van der Waals surface area contributed by atoms with Gasteiger partial charge in [0.1, 0.15) is 5.82 Å². The number of hydrogen-bond donors (Lipinski definition) is 2. The Morgan fingerprint density at radius 1 is 1.46 bits per heavy atom. The van der Waals surface area contributed by atoms with E-state index < -0.39 is 0 Å². The minimum absolute atomic E-state index is 0.880. The second-order valence-corrected chi connectivity index (χ2v) is 3.97. The molecule has 1 aliphatic carbocycles. The van der Waals surface area contributed by atoms with Crippen molar-refractivity contribution in [2.24, 2.45) is 5.92 Å². The van der Waals surface area contributed by atoms with Crippen molar-refractivity contribution < 1.29 is 0 Å². The largest absolute Gasteiger partial charge is 0.345 e. The average Bonchev–Trinajstić information content (AvgIpc) is 2.82. The number of aryl methyl sites for hydroxylation is 2. The van der Waals surface area contributed by atoms with Crippen molar-refractivity contribution in [1.82, 2.24) is 15.3 Å². The maximum Gasteiger partial charge on any atom is 0.120 e. The molecule has 13 heavy (non-hydrogen) atoms. The summed E-state index contributed by atoms with van der Waals surface area (Å²) in [5, 5.41) is 3.41. The van der Waals surface area contributed by atoms with Gasteiger partial charge < -0.3 is 10.3 Å². The number of hydrogen-bond acceptors (Lipinski definition) is 2. The zero-order valence-electron chi connectivity index (χ0n) is 8.35. The van der Waals surface area contributed by atoms with Crippen LogP contribution in [0.2, 0.25) is 0 Å². The second-order valence-electron chi connectivity index (χ2n) is 3.97. The highest BCUT2D eigenvalue weighted by Crippen LogP contribution is 2.27. The molecular weight excluding hydrogens is 162 g/mol. The lowest BCUT2D eigenvalue weighted by Gasteiger charge is -1.99. The molecule has 3 heteroatoms. The Labute approximate surface area is 79.0 Å². The average molecular weight is 179 g/mol. The third kappa shape index (κ3) is 2.31. The first-order chi connectivity index (χ1) is 6.25. The second kappa shape index (κ2) is 3.50. The van der Waals surface area contributed by atoms with Crippen LogP contribution in [0.25, 0.3) is 0 Å². The van der Waals surface area contributed by atoms with Crippen LogP contribution in [-0.2, 0) is 6.54 Å². The van der Waals surface area contributed by atoms with Gasteiger partial charge in [-0.15, -0.1) is 0 Å². The summed E-state index contributed by atoms with van der Waals surface area (Å²) in [6.07, 6.45) is 2.81. The van der Waals surface area contributed by atoms with E-state index >= 15 is 0 Å². The fourth-order valence-corrected chi connectivity index (χ4v) is 1.42. The minimum Gasteiger partial charge on any atom is -0.345 e. The van der Waals surface area contributed by atoms with E-state index in [0.29, 0.717) is 0 Å². The molecule has 0 aromatic carbocycles. The molecule has 0 spiro atoms. The molecule has 0 amide bonds. The Morgan fingerprint density at radius 2 is 2.23 bits per heavy atom. The molecule has 1 aromatic heterocycles. The lowest BCUT2D eigenvalue weighted by molar-refractivity contribution is 0.622. The van der Waals surface area contributed by atoms with Crippen molar-refractivity contribution >= 4 is 0 Å². The molecule has 2 N–H and O–H groups in total. The number of imidazole rings is 1. The number of rotatable bonds is 4. The van der Waals surface area contributed by atoms with Gasteiger partial charge in [0.15, 0.2) is 0 Å². The van der Waals surface area contributed by atoms with E-state index in [-0.39, 0.29) is 0 Å². The van der Waals surface area contributed by atoms with Crippen LogP contribution in [0.15, 0.2) is 0 Å². The maximum atomic E-state index is 4.41. The molecule has 1 heterocycles. The number of aromatic nitrogens is 2. The topological polar surface area (TPSA) is 40.7 Å². The summed E-state index contributed by atoms with van der Waals surface area (Å²) in [6, 6.07) is 0. The van der Waals surface area contributed by atoms with Gasteiger partial charge >= 0.3 is 0 Å². The van der Waals surface area contributed by atoms with E-state index in [2.05, 4.69) is 22.2 Å². The Kier molecular flexibility index (Phi) is 2.36. The zero-order chi connectivity index (χ0) is 9.26. The van der Waals surface area contributed by atoms with Gasteiger partial charge in [-0.2, -0.15) is 0 Å². The molecule has 72 valence electrons. The summed E-state index contributed by atoms with van der Waals surface area (Å²) in [5.41, 5.74) is 2.30. The standard InChI is InChI=1S/C10H17N3/c1-7-8(2)13-10(12-7)6-11-5-9-3-4-9/h9,11H,3-6H2,1-2H3,(H,12,13). The van der Waals surface area contributed by atoms with Crippen LogP contribution in [0.4, 0.5) is 0 Å². The Bertz CT molecular complexity index is 267. The molecule has 1 fully saturated rings. The summed E-state index contributed by atoms with van der Waals surface area (Å²) >= 11 is 0. The molecule has 0 radical (unpaired) electrons. The molecule has 0 atom stereocenters. The number of H-pyrrole nitrogens is 1. The molecule has 0 aliphatic heterocycles. The lowest BCUT2D eigenvalue weighted by Crippen LogP contribution is -2.16. The SMILES string of the molecule is Cc1nc(CNCC2CC2)[nH]c1C. The molecular formula is C10H17N3. The van der Waals surface area contributed by atoms with Crippen LogP contribution < -0.4 is 5.32 Å². The van der Waals surface area contributed by atoms with Gasteiger partial charge in [-0.05, 0) is 39.2 Å². The molecule has 1 aliphatic rings. The van der Waals surface area contributed by atoms with Crippen molar-refractivity contribution in [3.63, 3.8) is 0 Å². The Morgan fingerprint density at radius 3 is 2.77 bits per heavy atom. The van der Waals surface area contributed by atoms with E-state index in [1.807, 2.05) is 6.92 Å². The van der Waals surface area contributed by atoms with Gasteiger partial charge in [-0.1, -0.05) is 0 Å². The van der Waals surface area contributed by atoms with Crippen molar-refractivity contribution in [3.05, 3.63) is 17.2 Å². The van der Waals surface area contributed by atoms with Gasteiger partial charge in [-0.25, -0.2) is 4.98 Å². The van der Waals surface area contributed by atoms with Gasteiger partial charge in [-0.3, -0.25) is 0 Å². The van der Waals surface area contributed by atoms with Crippen LogP contribution >= 0.6 is 0 Å². The first kappa shape index (κ1) is 8.75. The van der Waals surface area contributed by atoms with Crippen LogP contribution in [-0.4, -0.2) is 16.5 Å². The van der Waals surface area contributed by atoms with E-state index in [0.717, 1.165) is 30.5 Å². The summed E-state index contributed by atoms with van der Waals surface area (Å²) in [5.74, 6) is 2.01. The van der Waals surface area contributed by atoms with Crippen LogP contribution in [0, 0.1) is 19.8 Å². The zero-order valence-corrected chi connectivity index (χ0v) is 8.35. The highest BCUT2D eigenvalue weighted by atomic mass is 15.0. The normalized spacial score (nSPS) is 16.5. The molecule has 0 saturated heterocycles. The van der Waals surface area contributed by atoms with E-state index in [4.69, 9.17) is 0 Å². The molecule has 1 saturated carbocycles. The number of nitrogens with zero attached hydrogens (tertiary/aromatic N) is 1. The first-order valence-electron chi connectivity index (χ1n) is 4.98. The predicted octanol–water partition coefficient (Wildman–Crippen LogP) is 1.53. The number of aromatic amines is 1. The van der Waals surface area contributed by atoms with Crippen molar-refractivity contribution in [2.75, 3.05) is 6.54 Å². The van der Waals surface area contributed by atoms with Crippen molar-refractivity contribution in [1.29, 1.82) is 0 Å². The highest BCUT2D eigenvalue weighted by Gasteiger charge is 2.20. The smallest absolute Gasteiger partial charge is 0.120 e. The Hall–Kier alpha value is -0.830. The molecule has 3 nitrogen and oxygen atoms in total. The predicted molar refractivity (Wildman–Crippen MR) is 52.5 cm³/mol. The minimum atomic E-state index is 0.880. The van der Waals surface area contributed by atoms with Gasteiger partial charge in [0, 0.05) is 5.69 Å². The quantitative estimate of drug-likeness (QED) is 0.736. The first-order valence-corrected chi connectivity index (χ1v) is 4.98. The van der Waals surface area contributed by atoms with E-state index in [1.165, 1.54) is 18.5 Å². The van der Waals surface area contributed by atoms with Gasteiger partial charge in [0.05, 0.1) is 12.2 Å². The lowest BCUT2D eigenvalue weighted by atomic mass is 10.4. The molecule has 1 aromatic rings. The summed E-state index contributed by atoms with van der Waals surface area (Å²) in [7, 11) is 0. The molecule has 2 rings (SSSR count). The summed E-state index contributed by atoms with van der Waals surface area (Å²) < 4.78 is 0. The third-order valence-electron chi connectivity index (χ3n) is 2.60. The van der Waals surface area contributed by atoms with E-state index in [9.17, 15) is 0 Å². The number of nitrogens with one attached hydrogen (secondary N) is 2. The monoisotopic (exact) mass is 179 g/mol. The van der Waals surface area contributed by atoms with E-state index in [1.54, 1.807) is 0 Å². The van der Waals surface area contributed by atoms with Crippen molar-refractivity contribution in [3.8, 4) is 0 Å². The van der Waals surface area contributed by atoms with Gasteiger partial charge in [0.25, 0.3) is 0 Å². The fraction of sp³-hybridized carbons (Fsp3) is 0.700. The molecule has 0 unspecified atom stereocenters. The highest BCUT2D eigenvalue weighted by molar-refractivity contribution is 5.10. The van der Waals surface area contributed by atoms with Gasteiger partial charge in [0.2, 0.25) is 0 Å². The maximum absolute atomic E-state index is 4.41. The Balaban J connectivity index is 1.79. The molecule has 0 bridgehead atoms.